The molecule has 0 unspecified atom stereocenters. The first kappa shape index (κ1) is 20.5. The third-order valence-electron chi connectivity index (χ3n) is 4.38. The molecule has 0 spiro atoms. The SMILES string of the molecule is CC(C)(C)c1cc(Cl)cc(C(C)(C)/C(C#N)=C/c2cccc(Br)n2)c1O. The standard InChI is InChI=1S/C21H22BrClN2O/c1-20(2,3)16-10-14(23)11-17(19(16)26)21(4,5)13(12-24)9-15-7-6-8-18(22)25-15/h6-11,26H,1-5H3/b13-9+. The van der Waals surface area contributed by atoms with Crippen molar-refractivity contribution < 1.29 is 5.11 Å². The summed E-state index contributed by atoms with van der Waals surface area (Å²) < 4.78 is 0.696. The van der Waals surface area contributed by atoms with Gasteiger partial charge in [-0.25, -0.2) is 4.98 Å². The number of phenolic OH excluding ortho intramolecular Hbond substituents is 1. The van der Waals surface area contributed by atoms with Crippen LogP contribution in [0.5, 0.6) is 5.75 Å². The smallest absolute Gasteiger partial charge is 0.123 e. The Balaban J connectivity index is 2.66. The Kier molecular flexibility index (Phi) is 5.85. The number of nitrogens with zero attached hydrogens (tertiary/aromatic N) is 2. The van der Waals surface area contributed by atoms with E-state index in [1.54, 1.807) is 18.2 Å². The highest BCUT2D eigenvalue weighted by molar-refractivity contribution is 9.10. The number of halogens is 2. The molecule has 0 saturated carbocycles. The van der Waals surface area contributed by atoms with E-state index < -0.39 is 5.41 Å². The second-order valence-electron chi connectivity index (χ2n) is 7.78. The summed E-state index contributed by atoms with van der Waals surface area (Å²) in [5.41, 5.74) is 1.52. The molecule has 0 atom stereocenters. The van der Waals surface area contributed by atoms with Crippen molar-refractivity contribution >= 4 is 33.6 Å². The van der Waals surface area contributed by atoms with E-state index in [1.165, 1.54) is 0 Å². The van der Waals surface area contributed by atoms with Crippen LogP contribution in [0.2, 0.25) is 5.02 Å². The second-order valence-corrected chi connectivity index (χ2v) is 9.03. The molecule has 0 aliphatic heterocycles. The average Bonchev–Trinajstić information content (AvgIpc) is 2.53. The maximum Gasteiger partial charge on any atom is 0.123 e. The Bertz CT molecular complexity index is 905. The van der Waals surface area contributed by atoms with Crippen LogP contribution in [0.4, 0.5) is 0 Å². The van der Waals surface area contributed by atoms with E-state index in [0.29, 0.717) is 26.5 Å². The third-order valence-corrected chi connectivity index (χ3v) is 5.04. The molecule has 2 rings (SSSR count). The Morgan fingerprint density at radius 1 is 1.19 bits per heavy atom. The zero-order chi connectivity index (χ0) is 19.7. The van der Waals surface area contributed by atoms with Crippen LogP contribution in [0, 0.1) is 11.3 Å². The summed E-state index contributed by atoms with van der Waals surface area (Å²) in [6, 6.07) is 11.3. The molecule has 0 radical (unpaired) electrons. The highest BCUT2D eigenvalue weighted by Crippen LogP contribution is 2.44. The quantitative estimate of drug-likeness (QED) is 0.451. The van der Waals surface area contributed by atoms with Crippen molar-refractivity contribution in [2.24, 2.45) is 0 Å². The van der Waals surface area contributed by atoms with Gasteiger partial charge in [-0.05, 0) is 51.7 Å². The molecule has 0 saturated heterocycles. The van der Waals surface area contributed by atoms with E-state index >= 15 is 0 Å². The number of allylic oxidation sites excluding steroid dienone is 1. The molecule has 3 nitrogen and oxygen atoms in total. The van der Waals surface area contributed by atoms with Gasteiger partial charge in [-0.1, -0.05) is 52.3 Å². The summed E-state index contributed by atoms with van der Waals surface area (Å²) in [7, 11) is 0. The van der Waals surface area contributed by atoms with Gasteiger partial charge in [0.05, 0.1) is 11.8 Å². The van der Waals surface area contributed by atoms with Gasteiger partial charge < -0.3 is 5.11 Å². The summed E-state index contributed by atoms with van der Waals surface area (Å²) in [5.74, 6) is 0.176. The lowest BCUT2D eigenvalue weighted by atomic mass is 9.74. The normalized spacial score (nSPS) is 12.8. The third kappa shape index (κ3) is 4.28. The number of phenols is 1. The number of hydrogen-bond acceptors (Lipinski definition) is 3. The molecule has 26 heavy (non-hydrogen) atoms. The molecule has 136 valence electrons. The topological polar surface area (TPSA) is 56.9 Å². The van der Waals surface area contributed by atoms with Gasteiger partial charge in [0.2, 0.25) is 0 Å². The molecule has 5 heteroatoms. The minimum Gasteiger partial charge on any atom is -0.507 e. The van der Waals surface area contributed by atoms with Crippen molar-refractivity contribution in [1.29, 1.82) is 5.26 Å². The predicted octanol–water partition coefficient (Wildman–Crippen LogP) is 6.39. The van der Waals surface area contributed by atoms with Gasteiger partial charge in [0, 0.05) is 27.1 Å². The Morgan fingerprint density at radius 3 is 2.35 bits per heavy atom. The van der Waals surface area contributed by atoms with Crippen LogP contribution in [-0.2, 0) is 10.8 Å². The average molecular weight is 434 g/mol. The van der Waals surface area contributed by atoms with Crippen LogP contribution in [0.3, 0.4) is 0 Å². The van der Waals surface area contributed by atoms with Crippen molar-refractivity contribution in [3.05, 3.63) is 62.4 Å². The monoisotopic (exact) mass is 432 g/mol. The van der Waals surface area contributed by atoms with Gasteiger partial charge in [0.25, 0.3) is 0 Å². The fraction of sp³-hybridized carbons (Fsp3) is 0.333. The first-order valence-corrected chi connectivity index (χ1v) is 9.42. The Hall–Kier alpha value is -1.83. The zero-order valence-electron chi connectivity index (χ0n) is 15.6. The minimum absolute atomic E-state index is 0.176. The van der Waals surface area contributed by atoms with Gasteiger partial charge in [0.15, 0.2) is 0 Å². The van der Waals surface area contributed by atoms with E-state index in [2.05, 4.69) is 27.0 Å². The molecular weight excluding hydrogens is 412 g/mol. The molecule has 2 aromatic rings. The maximum absolute atomic E-state index is 10.9. The van der Waals surface area contributed by atoms with Gasteiger partial charge >= 0.3 is 0 Å². The first-order valence-electron chi connectivity index (χ1n) is 8.25. The van der Waals surface area contributed by atoms with E-state index in [0.717, 1.165) is 5.56 Å². The molecule has 1 aromatic heterocycles. The zero-order valence-corrected chi connectivity index (χ0v) is 17.9. The number of aromatic hydroxyl groups is 1. The molecule has 0 amide bonds. The summed E-state index contributed by atoms with van der Waals surface area (Å²) in [5, 5.41) is 21.2. The predicted molar refractivity (Wildman–Crippen MR) is 110 cm³/mol. The molecular formula is C21H22BrClN2O. The number of benzene rings is 1. The summed E-state index contributed by atoms with van der Waals surface area (Å²) >= 11 is 9.67. The fourth-order valence-corrected chi connectivity index (χ4v) is 3.37. The fourth-order valence-electron chi connectivity index (χ4n) is 2.80. The second kappa shape index (κ2) is 7.42. The summed E-state index contributed by atoms with van der Waals surface area (Å²) in [6.45, 7) is 9.85. The number of hydrogen-bond donors (Lipinski definition) is 1. The van der Waals surface area contributed by atoms with Crippen LogP contribution in [0.25, 0.3) is 6.08 Å². The Labute approximate surface area is 168 Å². The molecule has 1 N–H and O–H groups in total. The van der Waals surface area contributed by atoms with Crippen molar-refractivity contribution in [2.45, 2.75) is 45.4 Å². The number of rotatable bonds is 3. The first-order chi connectivity index (χ1) is 12.0. The van der Waals surface area contributed by atoms with Crippen LogP contribution >= 0.6 is 27.5 Å². The molecule has 0 aliphatic carbocycles. The van der Waals surface area contributed by atoms with Crippen molar-refractivity contribution in [3.63, 3.8) is 0 Å². The Morgan fingerprint density at radius 2 is 1.81 bits per heavy atom. The van der Waals surface area contributed by atoms with Crippen molar-refractivity contribution in [3.8, 4) is 11.8 Å². The summed E-state index contributed by atoms with van der Waals surface area (Å²) in [6.07, 6.45) is 1.74. The van der Waals surface area contributed by atoms with Crippen LogP contribution in [0.1, 0.15) is 51.4 Å². The highest BCUT2D eigenvalue weighted by atomic mass is 79.9. The lowest BCUT2D eigenvalue weighted by Crippen LogP contribution is -2.22. The largest absolute Gasteiger partial charge is 0.507 e. The number of pyridine rings is 1. The van der Waals surface area contributed by atoms with E-state index in [1.807, 2.05) is 52.8 Å². The number of nitriles is 1. The highest BCUT2D eigenvalue weighted by Gasteiger charge is 2.32. The van der Waals surface area contributed by atoms with Gasteiger partial charge in [-0.3, -0.25) is 0 Å². The number of aromatic nitrogens is 1. The van der Waals surface area contributed by atoms with E-state index in [9.17, 15) is 10.4 Å². The van der Waals surface area contributed by atoms with Crippen LogP contribution in [0.15, 0.2) is 40.5 Å². The molecule has 1 aromatic carbocycles. The molecule has 0 aliphatic rings. The van der Waals surface area contributed by atoms with E-state index in [4.69, 9.17) is 11.6 Å². The van der Waals surface area contributed by atoms with Gasteiger partial charge in [-0.2, -0.15) is 5.26 Å². The van der Waals surface area contributed by atoms with Crippen molar-refractivity contribution in [1.82, 2.24) is 4.98 Å². The lowest BCUT2D eigenvalue weighted by molar-refractivity contribution is 0.428. The van der Waals surface area contributed by atoms with Crippen LogP contribution in [-0.4, -0.2) is 10.1 Å². The lowest BCUT2D eigenvalue weighted by Gasteiger charge is -2.30. The van der Waals surface area contributed by atoms with Gasteiger partial charge in [0.1, 0.15) is 10.4 Å². The van der Waals surface area contributed by atoms with Crippen LogP contribution < -0.4 is 0 Å². The molecule has 1 heterocycles. The molecule has 0 bridgehead atoms. The summed E-state index contributed by atoms with van der Waals surface area (Å²) in [4.78, 5) is 4.37. The minimum atomic E-state index is -0.742. The van der Waals surface area contributed by atoms with E-state index in [-0.39, 0.29) is 11.2 Å². The van der Waals surface area contributed by atoms with Gasteiger partial charge in [-0.15, -0.1) is 0 Å². The van der Waals surface area contributed by atoms with Crippen molar-refractivity contribution in [2.75, 3.05) is 0 Å². The molecule has 0 fully saturated rings. The maximum atomic E-state index is 10.9.